The molecule has 3 heteroatoms. The first kappa shape index (κ1) is 8.97. The maximum absolute atomic E-state index is 11.0. The summed E-state index contributed by atoms with van der Waals surface area (Å²) in [7, 11) is 0. The van der Waals surface area contributed by atoms with Crippen molar-refractivity contribution in [3.05, 3.63) is 54.1 Å². The van der Waals surface area contributed by atoms with Crippen LogP contribution >= 0.6 is 0 Å². The Morgan fingerprint density at radius 1 is 0.875 bits per heavy atom. The minimum absolute atomic E-state index is 0.289. The van der Waals surface area contributed by atoms with Gasteiger partial charge in [0.15, 0.2) is 0 Å². The molecule has 0 aliphatic carbocycles. The molecule has 2 aromatic carbocycles. The second-order valence-electron chi connectivity index (χ2n) is 3.59. The van der Waals surface area contributed by atoms with Crippen LogP contribution in [0.1, 0.15) is 5.56 Å². The van der Waals surface area contributed by atoms with Gasteiger partial charge in [0.25, 0.3) is 5.91 Å². The molecule has 0 saturated heterocycles. The van der Waals surface area contributed by atoms with Crippen LogP contribution in [0, 0.1) is 0 Å². The normalized spacial score (nSPS) is 14.5. The van der Waals surface area contributed by atoms with Gasteiger partial charge in [-0.25, -0.2) is 0 Å². The quantitative estimate of drug-likeness (QED) is 0.709. The molecule has 3 rings (SSSR count). The van der Waals surface area contributed by atoms with Gasteiger partial charge in [-0.15, -0.1) is 10.2 Å². The van der Waals surface area contributed by atoms with E-state index in [0.717, 1.165) is 16.3 Å². The van der Waals surface area contributed by atoms with Crippen molar-refractivity contribution in [2.75, 3.05) is 0 Å². The highest BCUT2D eigenvalue weighted by molar-refractivity contribution is 6.03. The molecule has 2 aromatic rings. The van der Waals surface area contributed by atoms with Gasteiger partial charge in [-0.3, -0.25) is 4.79 Å². The van der Waals surface area contributed by atoms with Crippen LogP contribution < -0.4 is 0 Å². The van der Waals surface area contributed by atoms with Crippen molar-refractivity contribution in [1.29, 1.82) is 0 Å². The van der Waals surface area contributed by atoms with Crippen molar-refractivity contribution in [3.8, 4) is 0 Å². The minimum atomic E-state index is -0.289. The van der Waals surface area contributed by atoms with E-state index < -0.39 is 0 Å². The number of benzene rings is 2. The number of hydrogen-bond acceptors (Lipinski definition) is 2. The third kappa shape index (κ3) is 1.34. The fourth-order valence-corrected chi connectivity index (χ4v) is 1.86. The molecule has 0 saturated carbocycles. The molecule has 1 aliphatic rings. The highest BCUT2D eigenvalue weighted by Gasteiger charge is 2.12. The molecule has 0 atom stereocenters. The topological polar surface area (TPSA) is 41.8 Å². The highest BCUT2D eigenvalue weighted by Crippen LogP contribution is 2.28. The van der Waals surface area contributed by atoms with Crippen LogP contribution in [0.4, 0.5) is 0 Å². The van der Waals surface area contributed by atoms with Gasteiger partial charge < -0.3 is 0 Å². The second kappa shape index (κ2) is 3.38. The number of nitrogens with zero attached hydrogens (tertiary/aromatic N) is 2. The van der Waals surface area contributed by atoms with E-state index in [1.54, 1.807) is 0 Å². The van der Waals surface area contributed by atoms with Gasteiger partial charge in [0.1, 0.15) is 0 Å². The number of carbonyl (C=O) groups is 1. The standard InChI is InChI=1S/C13H8N2O/c16-13-8-12(14-15-13)11-7-3-5-9-4-1-2-6-10(9)11/h1-8H. The molecule has 0 radical (unpaired) electrons. The summed E-state index contributed by atoms with van der Waals surface area (Å²) in [5.41, 5.74) is 1.59. The smallest absolute Gasteiger partial charge is 0.266 e. The Labute approximate surface area is 92.1 Å². The van der Waals surface area contributed by atoms with E-state index in [-0.39, 0.29) is 5.91 Å². The van der Waals surface area contributed by atoms with Crippen molar-refractivity contribution in [2.45, 2.75) is 0 Å². The van der Waals surface area contributed by atoms with Crippen molar-refractivity contribution in [1.82, 2.24) is 0 Å². The molecule has 16 heavy (non-hydrogen) atoms. The zero-order valence-electron chi connectivity index (χ0n) is 8.42. The molecule has 0 fully saturated rings. The zero-order valence-corrected chi connectivity index (χ0v) is 8.42. The summed E-state index contributed by atoms with van der Waals surface area (Å²) in [5.74, 6) is -0.289. The fraction of sp³-hybridized carbons (Fsp3) is 0. The number of amides is 1. The van der Waals surface area contributed by atoms with Gasteiger partial charge in [-0.2, -0.15) is 0 Å². The van der Waals surface area contributed by atoms with Gasteiger partial charge in [0, 0.05) is 11.6 Å². The molecule has 0 aromatic heterocycles. The molecule has 1 aliphatic heterocycles. The average molecular weight is 208 g/mol. The predicted octanol–water partition coefficient (Wildman–Crippen LogP) is 3.17. The van der Waals surface area contributed by atoms with E-state index in [1.165, 1.54) is 6.08 Å². The number of carbonyl (C=O) groups excluding carboxylic acids is 1. The maximum atomic E-state index is 11.0. The molecule has 1 heterocycles. The predicted molar refractivity (Wildman–Crippen MR) is 61.8 cm³/mol. The van der Waals surface area contributed by atoms with Crippen LogP contribution in [0.2, 0.25) is 0 Å². The lowest BCUT2D eigenvalue weighted by Crippen LogP contribution is -1.83. The molecule has 0 spiro atoms. The first-order chi connectivity index (χ1) is 7.84. The number of hydrogen-bond donors (Lipinski definition) is 0. The Morgan fingerprint density at radius 3 is 2.50 bits per heavy atom. The van der Waals surface area contributed by atoms with E-state index in [1.807, 2.05) is 42.5 Å². The molecule has 0 bridgehead atoms. The Hall–Kier alpha value is -2.29. The maximum Gasteiger partial charge on any atom is 0.290 e. The molecule has 0 N–H and O–H groups in total. The van der Waals surface area contributed by atoms with Crippen LogP contribution in [-0.2, 0) is 4.79 Å². The average Bonchev–Trinajstić information content (AvgIpc) is 2.75. The first-order valence-corrected chi connectivity index (χ1v) is 5.00. The van der Waals surface area contributed by atoms with Gasteiger partial charge in [-0.1, -0.05) is 42.5 Å². The Morgan fingerprint density at radius 2 is 1.69 bits per heavy atom. The molecule has 1 amide bonds. The Balaban J connectivity index is 2.28. The Kier molecular flexibility index (Phi) is 1.90. The second-order valence-corrected chi connectivity index (χ2v) is 3.59. The van der Waals surface area contributed by atoms with Crippen LogP contribution in [0.5, 0.6) is 0 Å². The van der Waals surface area contributed by atoms with Crippen LogP contribution in [0.15, 0.2) is 58.8 Å². The summed E-state index contributed by atoms with van der Waals surface area (Å²) in [4.78, 5) is 11.0. The summed E-state index contributed by atoms with van der Waals surface area (Å²) >= 11 is 0. The van der Waals surface area contributed by atoms with Crippen molar-refractivity contribution in [3.63, 3.8) is 0 Å². The largest absolute Gasteiger partial charge is 0.290 e. The molecule has 3 nitrogen and oxygen atoms in total. The van der Waals surface area contributed by atoms with Gasteiger partial charge in [-0.05, 0) is 10.8 Å². The summed E-state index contributed by atoms with van der Waals surface area (Å²) in [5, 5.41) is 9.59. The third-order valence-electron chi connectivity index (χ3n) is 2.58. The summed E-state index contributed by atoms with van der Waals surface area (Å²) in [6, 6.07) is 14.0. The minimum Gasteiger partial charge on any atom is -0.266 e. The first-order valence-electron chi connectivity index (χ1n) is 5.00. The molecular weight excluding hydrogens is 200 g/mol. The van der Waals surface area contributed by atoms with E-state index in [0.29, 0.717) is 5.70 Å². The van der Waals surface area contributed by atoms with Crippen LogP contribution in [0.3, 0.4) is 0 Å². The molecular formula is C13H8N2O. The lowest BCUT2D eigenvalue weighted by molar-refractivity contribution is -0.113. The highest BCUT2D eigenvalue weighted by atomic mass is 16.1. The van der Waals surface area contributed by atoms with Gasteiger partial charge in [0.05, 0.1) is 5.70 Å². The van der Waals surface area contributed by atoms with Crippen molar-refractivity contribution >= 4 is 22.4 Å². The third-order valence-corrected chi connectivity index (χ3v) is 2.58. The number of azo groups is 1. The van der Waals surface area contributed by atoms with E-state index >= 15 is 0 Å². The summed E-state index contributed by atoms with van der Waals surface area (Å²) in [6.07, 6.45) is 1.46. The lowest BCUT2D eigenvalue weighted by atomic mass is 10.0. The van der Waals surface area contributed by atoms with Gasteiger partial charge >= 0.3 is 0 Å². The fourth-order valence-electron chi connectivity index (χ4n) is 1.86. The number of rotatable bonds is 1. The zero-order chi connectivity index (χ0) is 11.0. The van der Waals surface area contributed by atoms with Crippen molar-refractivity contribution in [2.24, 2.45) is 10.2 Å². The van der Waals surface area contributed by atoms with E-state index in [9.17, 15) is 4.79 Å². The number of fused-ring (bicyclic) bond motifs is 1. The Bertz CT molecular complexity index is 636. The van der Waals surface area contributed by atoms with Gasteiger partial charge in [0.2, 0.25) is 0 Å². The van der Waals surface area contributed by atoms with E-state index in [4.69, 9.17) is 0 Å². The molecule has 0 unspecified atom stereocenters. The van der Waals surface area contributed by atoms with Crippen LogP contribution in [-0.4, -0.2) is 5.91 Å². The van der Waals surface area contributed by atoms with E-state index in [2.05, 4.69) is 10.2 Å². The summed E-state index contributed by atoms with van der Waals surface area (Å²) < 4.78 is 0. The van der Waals surface area contributed by atoms with Crippen molar-refractivity contribution < 1.29 is 4.79 Å². The van der Waals surface area contributed by atoms with Crippen LogP contribution in [0.25, 0.3) is 16.5 Å². The monoisotopic (exact) mass is 208 g/mol. The SMILES string of the molecule is O=C1C=C(c2cccc3ccccc23)N=N1. The summed E-state index contributed by atoms with van der Waals surface area (Å²) in [6.45, 7) is 0. The lowest BCUT2D eigenvalue weighted by Gasteiger charge is -2.03. The molecule has 76 valence electrons.